The zero-order valence-corrected chi connectivity index (χ0v) is 10.8. The van der Waals surface area contributed by atoms with Gasteiger partial charge in [-0.05, 0) is 37.3 Å². The van der Waals surface area contributed by atoms with E-state index in [0.717, 1.165) is 11.3 Å². The minimum Gasteiger partial charge on any atom is -0.489 e. The molecule has 0 N–H and O–H groups in total. The second-order valence-corrected chi connectivity index (χ2v) is 4.37. The lowest BCUT2D eigenvalue weighted by Gasteiger charge is -2.07. The molecule has 0 aliphatic rings. The van der Waals surface area contributed by atoms with E-state index >= 15 is 0 Å². The lowest BCUT2D eigenvalue weighted by atomic mass is 10.1. The van der Waals surface area contributed by atoms with Gasteiger partial charge in [0, 0.05) is 16.1 Å². The molecule has 2 rings (SSSR count). The summed E-state index contributed by atoms with van der Waals surface area (Å²) in [6, 6.07) is 14.6. The van der Waals surface area contributed by atoms with E-state index in [9.17, 15) is 4.79 Å². The molecule has 92 valence electrons. The number of halogens is 1. The first-order chi connectivity index (χ1) is 8.66. The first kappa shape index (κ1) is 12.7. The van der Waals surface area contributed by atoms with Crippen LogP contribution in [0.4, 0.5) is 0 Å². The Morgan fingerprint density at radius 3 is 2.39 bits per heavy atom. The molecule has 18 heavy (non-hydrogen) atoms. The van der Waals surface area contributed by atoms with Crippen molar-refractivity contribution < 1.29 is 9.53 Å². The first-order valence-corrected chi connectivity index (χ1v) is 6.02. The van der Waals surface area contributed by atoms with Gasteiger partial charge >= 0.3 is 0 Å². The summed E-state index contributed by atoms with van der Waals surface area (Å²) in [4.78, 5) is 11.1. The molecule has 0 aromatic heterocycles. The van der Waals surface area contributed by atoms with Crippen molar-refractivity contribution in [2.75, 3.05) is 0 Å². The topological polar surface area (TPSA) is 26.3 Å². The van der Waals surface area contributed by atoms with E-state index in [1.54, 1.807) is 31.2 Å². The van der Waals surface area contributed by atoms with Crippen LogP contribution in [0.5, 0.6) is 5.75 Å². The highest BCUT2D eigenvalue weighted by Crippen LogP contribution is 2.19. The fraction of sp³-hybridized carbons (Fsp3) is 0.133. The molecule has 0 bridgehead atoms. The van der Waals surface area contributed by atoms with E-state index in [4.69, 9.17) is 16.3 Å². The van der Waals surface area contributed by atoms with Gasteiger partial charge in [0.15, 0.2) is 5.78 Å². The summed E-state index contributed by atoms with van der Waals surface area (Å²) in [5.74, 6) is 0.771. The van der Waals surface area contributed by atoms with Crippen LogP contribution in [0.25, 0.3) is 0 Å². The highest BCUT2D eigenvalue weighted by atomic mass is 35.5. The van der Waals surface area contributed by atoms with Crippen LogP contribution in [0.3, 0.4) is 0 Å². The van der Waals surface area contributed by atoms with Crippen LogP contribution in [0, 0.1) is 0 Å². The number of carbonyl (C=O) groups is 1. The molecule has 0 fully saturated rings. The maximum atomic E-state index is 11.1. The van der Waals surface area contributed by atoms with Gasteiger partial charge in [-0.25, -0.2) is 0 Å². The molecule has 2 nitrogen and oxygen atoms in total. The molecule has 0 heterocycles. The molecule has 0 amide bonds. The molecular formula is C15H13ClO2. The maximum Gasteiger partial charge on any atom is 0.159 e. The highest BCUT2D eigenvalue weighted by Gasteiger charge is 2.02. The van der Waals surface area contributed by atoms with E-state index in [-0.39, 0.29) is 5.78 Å². The molecular weight excluding hydrogens is 248 g/mol. The van der Waals surface area contributed by atoms with Gasteiger partial charge in [0.25, 0.3) is 0 Å². The monoisotopic (exact) mass is 260 g/mol. The van der Waals surface area contributed by atoms with Gasteiger partial charge in [-0.15, -0.1) is 0 Å². The summed E-state index contributed by atoms with van der Waals surface area (Å²) in [6.07, 6.45) is 0. The Kier molecular flexibility index (Phi) is 4.00. The van der Waals surface area contributed by atoms with E-state index in [2.05, 4.69) is 0 Å². The second kappa shape index (κ2) is 5.69. The molecule has 0 aliphatic heterocycles. The van der Waals surface area contributed by atoms with Gasteiger partial charge in [-0.2, -0.15) is 0 Å². The number of rotatable bonds is 4. The van der Waals surface area contributed by atoms with Crippen molar-refractivity contribution in [2.45, 2.75) is 13.5 Å². The van der Waals surface area contributed by atoms with E-state index in [0.29, 0.717) is 17.2 Å². The van der Waals surface area contributed by atoms with Crippen molar-refractivity contribution in [3.63, 3.8) is 0 Å². The molecule has 0 saturated heterocycles. The van der Waals surface area contributed by atoms with Crippen LogP contribution < -0.4 is 4.74 Å². The van der Waals surface area contributed by atoms with Crippen molar-refractivity contribution in [3.05, 3.63) is 64.7 Å². The minimum atomic E-state index is 0.0488. The predicted octanol–water partition coefficient (Wildman–Crippen LogP) is 4.12. The fourth-order valence-corrected chi connectivity index (χ4v) is 1.75. The van der Waals surface area contributed by atoms with Crippen LogP contribution in [0.1, 0.15) is 22.8 Å². The SMILES string of the molecule is CC(=O)c1ccc(OCc2ccccc2Cl)cc1. The summed E-state index contributed by atoms with van der Waals surface area (Å²) < 4.78 is 5.61. The third kappa shape index (κ3) is 3.11. The highest BCUT2D eigenvalue weighted by molar-refractivity contribution is 6.31. The number of Topliss-reactive ketones (excluding diaryl/α,β-unsaturated/α-hetero) is 1. The van der Waals surface area contributed by atoms with Crippen LogP contribution >= 0.6 is 11.6 Å². The Bertz CT molecular complexity index is 547. The summed E-state index contributed by atoms with van der Waals surface area (Å²) in [7, 11) is 0. The van der Waals surface area contributed by atoms with Crippen molar-refractivity contribution in [1.29, 1.82) is 0 Å². The van der Waals surface area contributed by atoms with E-state index in [1.165, 1.54) is 0 Å². The molecule has 0 saturated carbocycles. The maximum absolute atomic E-state index is 11.1. The zero-order valence-electron chi connectivity index (χ0n) is 10.0. The summed E-state index contributed by atoms with van der Waals surface area (Å²) in [5.41, 5.74) is 1.62. The average Bonchev–Trinajstić information content (AvgIpc) is 2.38. The number of hydrogen-bond acceptors (Lipinski definition) is 2. The minimum absolute atomic E-state index is 0.0488. The second-order valence-electron chi connectivity index (χ2n) is 3.96. The summed E-state index contributed by atoms with van der Waals surface area (Å²) in [6.45, 7) is 1.96. The third-order valence-electron chi connectivity index (χ3n) is 2.61. The third-order valence-corrected chi connectivity index (χ3v) is 2.98. The lowest BCUT2D eigenvalue weighted by molar-refractivity contribution is 0.101. The van der Waals surface area contributed by atoms with Gasteiger partial charge < -0.3 is 4.74 Å². The van der Waals surface area contributed by atoms with Crippen molar-refractivity contribution in [3.8, 4) is 5.75 Å². The Morgan fingerprint density at radius 1 is 1.11 bits per heavy atom. The fourth-order valence-electron chi connectivity index (χ4n) is 1.56. The Hall–Kier alpha value is -1.80. The van der Waals surface area contributed by atoms with Gasteiger partial charge in [-0.3, -0.25) is 4.79 Å². The molecule has 0 aliphatic carbocycles. The Balaban J connectivity index is 2.02. The molecule has 0 spiro atoms. The Labute approximate surface area is 111 Å². The van der Waals surface area contributed by atoms with Crippen LogP contribution in [0.15, 0.2) is 48.5 Å². The number of carbonyl (C=O) groups excluding carboxylic acids is 1. The van der Waals surface area contributed by atoms with Crippen LogP contribution in [0.2, 0.25) is 5.02 Å². The predicted molar refractivity (Wildman–Crippen MR) is 72.2 cm³/mol. The summed E-state index contributed by atoms with van der Waals surface area (Å²) >= 11 is 6.03. The largest absolute Gasteiger partial charge is 0.489 e. The van der Waals surface area contributed by atoms with Crippen molar-refractivity contribution in [2.24, 2.45) is 0 Å². The molecule has 0 atom stereocenters. The number of ketones is 1. The van der Waals surface area contributed by atoms with Gasteiger partial charge in [0.05, 0.1) is 0 Å². The van der Waals surface area contributed by atoms with Gasteiger partial charge in [0.2, 0.25) is 0 Å². The number of ether oxygens (including phenoxy) is 1. The average molecular weight is 261 g/mol. The molecule has 2 aromatic carbocycles. The normalized spacial score (nSPS) is 10.1. The number of benzene rings is 2. The standard InChI is InChI=1S/C15H13ClO2/c1-11(17)12-6-8-14(9-7-12)18-10-13-4-2-3-5-15(13)16/h2-9H,10H2,1H3. The van der Waals surface area contributed by atoms with E-state index < -0.39 is 0 Å². The zero-order chi connectivity index (χ0) is 13.0. The number of hydrogen-bond donors (Lipinski definition) is 0. The Morgan fingerprint density at radius 2 is 1.78 bits per heavy atom. The summed E-state index contributed by atoms with van der Waals surface area (Å²) in [5, 5.41) is 0.692. The smallest absolute Gasteiger partial charge is 0.159 e. The van der Waals surface area contributed by atoms with Crippen LogP contribution in [-0.4, -0.2) is 5.78 Å². The molecule has 0 unspecified atom stereocenters. The first-order valence-electron chi connectivity index (χ1n) is 5.64. The lowest BCUT2D eigenvalue weighted by Crippen LogP contribution is -1.97. The molecule has 0 radical (unpaired) electrons. The van der Waals surface area contributed by atoms with Gasteiger partial charge in [0.1, 0.15) is 12.4 Å². The van der Waals surface area contributed by atoms with E-state index in [1.807, 2.05) is 24.3 Å². The quantitative estimate of drug-likeness (QED) is 0.773. The van der Waals surface area contributed by atoms with Crippen molar-refractivity contribution in [1.82, 2.24) is 0 Å². The molecule has 2 aromatic rings. The van der Waals surface area contributed by atoms with Gasteiger partial charge in [-0.1, -0.05) is 29.8 Å². The van der Waals surface area contributed by atoms with Crippen molar-refractivity contribution >= 4 is 17.4 Å². The molecule has 3 heteroatoms. The van der Waals surface area contributed by atoms with Crippen LogP contribution in [-0.2, 0) is 6.61 Å².